The average Bonchev–Trinajstić information content (AvgIpc) is 2.78. The van der Waals surface area contributed by atoms with Crippen LogP contribution < -0.4 is 5.32 Å². The van der Waals surface area contributed by atoms with Crippen LogP contribution in [-0.2, 0) is 13.1 Å². The molecule has 5 heteroatoms. The Hall–Kier alpha value is -1.39. The van der Waals surface area contributed by atoms with Crippen molar-refractivity contribution in [2.45, 2.75) is 20.0 Å². The molecule has 0 unspecified atom stereocenters. The highest BCUT2D eigenvalue weighted by Gasteiger charge is 2.10. The Balaban J connectivity index is 2.50. The molecule has 0 saturated carbocycles. The number of halogens is 1. The van der Waals surface area contributed by atoms with E-state index in [2.05, 4.69) is 15.6 Å². The van der Waals surface area contributed by atoms with Crippen molar-refractivity contribution in [3.05, 3.63) is 35.0 Å². The van der Waals surface area contributed by atoms with Gasteiger partial charge in [-0.2, -0.15) is 0 Å². The van der Waals surface area contributed by atoms with Crippen LogP contribution in [0.4, 0.5) is 0 Å². The number of nitrogens with one attached hydrogen (secondary N) is 1. The molecule has 0 atom stereocenters. The van der Waals surface area contributed by atoms with E-state index in [0.29, 0.717) is 0 Å². The number of aromatic nitrogens is 3. The number of hydrogen-bond acceptors (Lipinski definition) is 3. The zero-order chi connectivity index (χ0) is 12.3. The van der Waals surface area contributed by atoms with Gasteiger partial charge >= 0.3 is 0 Å². The van der Waals surface area contributed by atoms with Gasteiger partial charge in [0.05, 0.1) is 11.9 Å². The molecule has 0 amide bonds. The van der Waals surface area contributed by atoms with Crippen LogP contribution in [0, 0.1) is 0 Å². The van der Waals surface area contributed by atoms with Gasteiger partial charge in [0.25, 0.3) is 0 Å². The van der Waals surface area contributed by atoms with Crippen LogP contribution in [0.25, 0.3) is 11.3 Å². The lowest BCUT2D eigenvalue weighted by molar-refractivity contribution is 0.632. The van der Waals surface area contributed by atoms with E-state index in [1.165, 1.54) is 0 Å². The largest absolute Gasteiger partial charge is 0.316 e. The maximum atomic E-state index is 6.02. The lowest BCUT2D eigenvalue weighted by Crippen LogP contribution is -2.08. The van der Waals surface area contributed by atoms with Gasteiger partial charge in [0, 0.05) is 23.7 Å². The number of nitrogens with zero attached hydrogens (tertiary/aromatic N) is 3. The lowest BCUT2D eigenvalue weighted by atomic mass is 10.0. The monoisotopic (exact) mass is 250 g/mol. The van der Waals surface area contributed by atoms with Crippen molar-refractivity contribution < 1.29 is 0 Å². The minimum absolute atomic E-state index is 0.745. The molecule has 0 aliphatic heterocycles. The quantitative estimate of drug-likeness (QED) is 0.906. The van der Waals surface area contributed by atoms with E-state index >= 15 is 0 Å². The second kappa shape index (κ2) is 5.29. The first-order valence-electron chi connectivity index (χ1n) is 5.58. The van der Waals surface area contributed by atoms with Crippen molar-refractivity contribution in [2.24, 2.45) is 0 Å². The van der Waals surface area contributed by atoms with E-state index in [-0.39, 0.29) is 0 Å². The number of hydrogen-bond donors (Lipinski definition) is 1. The Morgan fingerprint density at radius 2 is 2.24 bits per heavy atom. The first-order valence-corrected chi connectivity index (χ1v) is 5.96. The van der Waals surface area contributed by atoms with Crippen LogP contribution in [0.3, 0.4) is 0 Å². The van der Waals surface area contributed by atoms with Crippen molar-refractivity contribution in [3.63, 3.8) is 0 Å². The van der Waals surface area contributed by atoms with Gasteiger partial charge in [0.15, 0.2) is 0 Å². The van der Waals surface area contributed by atoms with Gasteiger partial charge in [-0.3, -0.25) is 0 Å². The van der Waals surface area contributed by atoms with Crippen molar-refractivity contribution in [1.82, 2.24) is 20.3 Å². The smallest absolute Gasteiger partial charge is 0.0888 e. The zero-order valence-corrected chi connectivity index (χ0v) is 10.7. The molecule has 17 heavy (non-hydrogen) atoms. The van der Waals surface area contributed by atoms with Crippen molar-refractivity contribution in [2.75, 3.05) is 7.05 Å². The molecule has 0 spiro atoms. The molecule has 0 aliphatic carbocycles. The molecule has 2 rings (SSSR count). The highest BCUT2D eigenvalue weighted by atomic mass is 35.5. The van der Waals surface area contributed by atoms with Crippen LogP contribution in [0.2, 0.25) is 5.02 Å². The van der Waals surface area contributed by atoms with Crippen LogP contribution in [0.15, 0.2) is 24.4 Å². The lowest BCUT2D eigenvalue weighted by Gasteiger charge is -2.10. The molecule has 4 nitrogen and oxygen atoms in total. The third-order valence-corrected chi connectivity index (χ3v) is 2.86. The summed E-state index contributed by atoms with van der Waals surface area (Å²) in [6.45, 7) is 3.62. The van der Waals surface area contributed by atoms with Gasteiger partial charge in [0.1, 0.15) is 0 Å². The fraction of sp³-hybridized carbons (Fsp3) is 0.333. The van der Waals surface area contributed by atoms with E-state index in [4.69, 9.17) is 11.6 Å². The summed E-state index contributed by atoms with van der Waals surface area (Å²) in [7, 11) is 1.92. The molecule has 1 aromatic heterocycles. The normalized spacial score (nSPS) is 10.8. The molecule has 2 aromatic rings. The molecule has 1 aromatic carbocycles. The van der Waals surface area contributed by atoms with E-state index in [1.807, 2.05) is 36.9 Å². The van der Waals surface area contributed by atoms with Crippen LogP contribution in [-0.4, -0.2) is 22.0 Å². The Kier molecular flexibility index (Phi) is 3.76. The highest BCUT2D eigenvalue weighted by molar-refractivity contribution is 6.30. The summed E-state index contributed by atoms with van der Waals surface area (Å²) >= 11 is 6.02. The number of rotatable bonds is 4. The Morgan fingerprint density at radius 1 is 1.41 bits per heavy atom. The molecular formula is C12H15ClN4. The number of benzene rings is 1. The maximum Gasteiger partial charge on any atom is 0.0888 e. The maximum absolute atomic E-state index is 6.02. The summed E-state index contributed by atoms with van der Waals surface area (Å²) < 4.78 is 1.88. The van der Waals surface area contributed by atoms with E-state index in [1.54, 1.807) is 6.20 Å². The van der Waals surface area contributed by atoms with Gasteiger partial charge in [-0.05, 0) is 31.7 Å². The molecule has 0 aliphatic rings. The third-order valence-electron chi connectivity index (χ3n) is 2.63. The predicted molar refractivity (Wildman–Crippen MR) is 68.9 cm³/mol. The molecule has 0 fully saturated rings. The topological polar surface area (TPSA) is 42.7 Å². The molecular weight excluding hydrogens is 236 g/mol. The summed E-state index contributed by atoms with van der Waals surface area (Å²) in [5, 5.41) is 11.9. The van der Waals surface area contributed by atoms with E-state index in [9.17, 15) is 0 Å². The minimum Gasteiger partial charge on any atom is -0.316 e. The fourth-order valence-electron chi connectivity index (χ4n) is 1.85. The highest BCUT2D eigenvalue weighted by Crippen LogP contribution is 2.25. The summed E-state index contributed by atoms with van der Waals surface area (Å²) in [5.41, 5.74) is 3.29. The summed E-state index contributed by atoms with van der Waals surface area (Å²) in [6, 6.07) is 5.88. The van der Waals surface area contributed by atoms with Crippen molar-refractivity contribution >= 4 is 11.6 Å². The van der Waals surface area contributed by atoms with Gasteiger partial charge in [-0.25, -0.2) is 4.68 Å². The average molecular weight is 251 g/mol. The SMILES string of the molecule is CCn1nncc1-c1ccc(Cl)cc1CNC. The van der Waals surface area contributed by atoms with Gasteiger partial charge in [0.2, 0.25) is 0 Å². The van der Waals surface area contributed by atoms with Crippen molar-refractivity contribution in [3.8, 4) is 11.3 Å². The van der Waals surface area contributed by atoms with E-state index < -0.39 is 0 Å². The minimum atomic E-state index is 0.745. The molecule has 0 bridgehead atoms. The Labute approximate surface area is 106 Å². The molecule has 0 saturated heterocycles. The predicted octanol–water partition coefficient (Wildman–Crippen LogP) is 2.34. The second-order valence-electron chi connectivity index (χ2n) is 3.77. The van der Waals surface area contributed by atoms with Crippen molar-refractivity contribution in [1.29, 1.82) is 0 Å². The summed E-state index contributed by atoms with van der Waals surface area (Å²) in [5.74, 6) is 0. The zero-order valence-electron chi connectivity index (χ0n) is 9.94. The standard InChI is InChI=1S/C12H15ClN4/c1-3-17-12(8-15-16-17)11-5-4-10(13)6-9(11)7-14-2/h4-6,8,14H,3,7H2,1-2H3. The van der Waals surface area contributed by atoms with Gasteiger partial charge in [-0.15, -0.1) is 5.10 Å². The first-order chi connectivity index (χ1) is 8.26. The van der Waals surface area contributed by atoms with Crippen LogP contribution in [0.5, 0.6) is 0 Å². The molecule has 90 valence electrons. The van der Waals surface area contributed by atoms with E-state index in [0.717, 1.165) is 34.9 Å². The van der Waals surface area contributed by atoms with Gasteiger partial charge in [-0.1, -0.05) is 22.9 Å². The summed E-state index contributed by atoms with van der Waals surface area (Å²) in [4.78, 5) is 0. The van der Waals surface area contributed by atoms with Gasteiger partial charge < -0.3 is 5.32 Å². The van der Waals surface area contributed by atoms with Crippen LogP contribution in [0.1, 0.15) is 12.5 Å². The molecule has 0 radical (unpaired) electrons. The molecule has 1 heterocycles. The second-order valence-corrected chi connectivity index (χ2v) is 4.20. The first kappa shape index (κ1) is 12.1. The summed E-state index contributed by atoms with van der Waals surface area (Å²) in [6.07, 6.45) is 1.78. The Bertz CT molecular complexity index is 507. The third kappa shape index (κ3) is 2.48. The molecule has 1 N–H and O–H groups in total. The van der Waals surface area contributed by atoms with Crippen LogP contribution >= 0.6 is 11.6 Å². The number of aryl methyl sites for hydroxylation is 1. The Morgan fingerprint density at radius 3 is 2.94 bits per heavy atom. The fourth-order valence-corrected chi connectivity index (χ4v) is 2.04.